The number of hydrogen-bond acceptors (Lipinski definition) is 4. The van der Waals surface area contributed by atoms with Gasteiger partial charge >= 0.3 is 0 Å². The van der Waals surface area contributed by atoms with Crippen LogP contribution >= 0.6 is 0 Å². The maximum absolute atomic E-state index is 11.0. The summed E-state index contributed by atoms with van der Waals surface area (Å²) in [6, 6.07) is 0. The first-order valence-electron chi connectivity index (χ1n) is 4.24. The first-order valence-corrected chi connectivity index (χ1v) is 4.24. The molecule has 0 aliphatic rings. The molecule has 2 amide bonds. The standard InChI is InChI=1S/C8H16N2O4/c1-6(11)9-4-8(13)10-3-7(12)5-14-2/h7,12H,3-5H2,1-2H3,(H,9,11)(H,10,13). The maximum Gasteiger partial charge on any atom is 0.239 e. The Morgan fingerprint density at radius 3 is 2.57 bits per heavy atom. The number of hydrogen-bond donors (Lipinski definition) is 3. The van der Waals surface area contributed by atoms with Crippen LogP contribution in [0.1, 0.15) is 6.92 Å². The van der Waals surface area contributed by atoms with Gasteiger partial charge in [-0.3, -0.25) is 9.59 Å². The molecule has 6 heteroatoms. The molecule has 0 fully saturated rings. The minimum absolute atomic E-state index is 0.0744. The number of rotatable bonds is 6. The van der Waals surface area contributed by atoms with Crippen molar-refractivity contribution in [1.82, 2.24) is 10.6 Å². The summed E-state index contributed by atoms with van der Waals surface area (Å²) >= 11 is 0. The van der Waals surface area contributed by atoms with Gasteiger partial charge in [0.2, 0.25) is 11.8 Å². The molecule has 0 radical (unpaired) electrons. The zero-order valence-corrected chi connectivity index (χ0v) is 8.37. The second-order valence-corrected chi connectivity index (χ2v) is 2.82. The highest BCUT2D eigenvalue weighted by Crippen LogP contribution is 1.80. The van der Waals surface area contributed by atoms with Crippen LogP contribution in [0, 0.1) is 0 Å². The van der Waals surface area contributed by atoms with Crippen molar-refractivity contribution in [2.45, 2.75) is 13.0 Å². The van der Waals surface area contributed by atoms with E-state index in [-0.39, 0.29) is 31.5 Å². The lowest BCUT2D eigenvalue weighted by Crippen LogP contribution is -2.40. The molecule has 6 nitrogen and oxygen atoms in total. The summed E-state index contributed by atoms with van der Waals surface area (Å²) in [5, 5.41) is 13.9. The molecule has 0 aromatic rings. The second-order valence-electron chi connectivity index (χ2n) is 2.82. The van der Waals surface area contributed by atoms with E-state index in [9.17, 15) is 9.59 Å². The summed E-state index contributed by atoms with van der Waals surface area (Å²) in [4.78, 5) is 21.4. The normalized spacial score (nSPS) is 11.9. The number of carbonyl (C=O) groups excluding carboxylic acids is 2. The van der Waals surface area contributed by atoms with Gasteiger partial charge in [-0.25, -0.2) is 0 Å². The van der Waals surface area contributed by atoms with Crippen LogP contribution in [0.5, 0.6) is 0 Å². The number of ether oxygens (including phenoxy) is 1. The third-order valence-corrected chi connectivity index (χ3v) is 1.39. The van der Waals surface area contributed by atoms with Gasteiger partial charge in [-0.05, 0) is 0 Å². The Balaban J connectivity index is 3.48. The zero-order chi connectivity index (χ0) is 11.0. The molecule has 0 saturated carbocycles. The van der Waals surface area contributed by atoms with E-state index in [1.54, 1.807) is 0 Å². The summed E-state index contributed by atoms with van der Waals surface area (Å²) in [7, 11) is 1.46. The SMILES string of the molecule is COCC(O)CNC(=O)CNC(C)=O. The van der Waals surface area contributed by atoms with E-state index in [4.69, 9.17) is 5.11 Å². The Hall–Kier alpha value is -1.14. The Kier molecular flexibility index (Phi) is 6.69. The number of aliphatic hydroxyl groups is 1. The fourth-order valence-electron chi connectivity index (χ4n) is 0.750. The van der Waals surface area contributed by atoms with Gasteiger partial charge in [-0.15, -0.1) is 0 Å². The average molecular weight is 204 g/mol. The minimum Gasteiger partial charge on any atom is -0.389 e. The molecule has 1 atom stereocenters. The van der Waals surface area contributed by atoms with Crippen LogP contribution in [-0.4, -0.2) is 49.8 Å². The third kappa shape index (κ3) is 7.51. The lowest BCUT2D eigenvalue weighted by Gasteiger charge is -2.10. The van der Waals surface area contributed by atoms with Gasteiger partial charge in [0, 0.05) is 20.6 Å². The molecule has 0 aliphatic carbocycles. The monoisotopic (exact) mass is 204 g/mol. The Labute approximate surface area is 82.6 Å². The van der Waals surface area contributed by atoms with Gasteiger partial charge in [0.1, 0.15) is 0 Å². The number of aliphatic hydroxyl groups excluding tert-OH is 1. The maximum atomic E-state index is 11.0. The van der Waals surface area contributed by atoms with Crippen molar-refractivity contribution in [3.63, 3.8) is 0 Å². The van der Waals surface area contributed by atoms with Crippen molar-refractivity contribution in [2.24, 2.45) is 0 Å². The first-order chi connectivity index (χ1) is 6.56. The van der Waals surface area contributed by atoms with Crippen LogP contribution in [-0.2, 0) is 14.3 Å². The Morgan fingerprint density at radius 2 is 2.07 bits per heavy atom. The molecule has 0 rings (SSSR count). The molecule has 0 aliphatic heterocycles. The molecule has 0 heterocycles. The molecule has 82 valence electrons. The smallest absolute Gasteiger partial charge is 0.239 e. The van der Waals surface area contributed by atoms with E-state index < -0.39 is 6.10 Å². The van der Waals surface area contributed by atoms with Crippen molar-refractivity contribution in [3.05, 3.63) is 0 Å². The van der Waals surface area contributed by atoms with Crippen LogP contribution in [0.25, 0.3) is 0 Å². The molecular weight excluding hydrogens is 188 g/mol. The van der Waals surface area contributed by atoms with Crippen molar-refractivity contribution < 1.29 is 19.4 Å². The predicted octanol–water partition coefficient (Wildman–Crippen LogP) is -1.75. The summed E-state index contributed by atoms with van der Waals surface area (Å²) in [6.07, 6.45) is -0.721. The van der Waals surface area contributed by atoms with E-state index in [0.29, 0.717) is 0 Å². The topological polar surface area (TPSA) is 87.7 Å². The van der Waals surface area contributed by atoms with Gasteiger partial charge in [0.15, 0.2) is 0 Å². The lowest BCUT2D eigenvalue weighted by atomic mass is 10.3. The van der Waals surface area contributed by atoms with Crippen LogP contribution in [0.4, 0.5) is 0 Å². The Morgan fingerprint density at radius 1 is 1.43 bits per heavy atom. The first kappa shape index (κ1) is 12.9. The average Bonchev–Trinajstić information content (AvgIpc) is 2.12. The minimum atomic E-state index is -0.721. The van der Waals surface area contributed by atoms with E-state index in [1.807, 2.05) is 0 Å². The summed E-state index contributed by atoms with van der Waals surface area (Å²) in [5.41, 5.74) is 0. The van der Waals surface area contributed by atoms with Crippen molar-refractivity contribution in [3.8, 4) is 0 Å². The highest BCUT2D eigenvalue weighted by molar-refractivity contribution is 5.83. The van der Waals surface area contributed by atoms with Crippen LogP contribution in [0.15, 0.2) is 0 Å². The molecule has 1 unspecified atom stereocenters. The van der Waals surface area contributed by atoms with Gasteiger partial charge in [0.05, 0.1) is 19.3 Å². The Bertz CT molecular complexity index is 196. The largest absolute Gasteiger partial charge is 0.389 e. The van der Waals surface area contributed by atoms with Gasteiger partial charge < -0.3 is 20.5 Å². The molecule has 3 N–H and O–H groups in total. The fourth-order valence-corrected chi connectivity index (χ4v) is 0.750. The third-order valence-electron chi connectivity index (χ3n) is 1.39. The number of methoxy groups -OCH3 is 1. The van der Waals surface area contributed by atoms with Crippen LogP contribution in [0.3, 0.4) is 0 Å². The van der Waals surface area contributed by atoms with Crippen LogP contribution < -0.4 is 10.6 Å². The second kappa shape index (κ2) is 7.28. The lowest BCUT2D eigenvalue weighted by molar-refractivity contribution is -0.125. The molecule has 0 aromatic heterocycles. The van der Waals surface area contributed by atoms with Crippen LogP contribution in [0.2, 0.25) is 0 Å². The predicted molar refractivity (Wildman–Crippen MR) is 49.6 cm³/mol. The summed E-state index contributed by atoms with van der Waals surface area (Å²) < 4.78 is 4.66. The van der Waals surface area contributed by atoms with Gasteiger partial charge in [-0.1, -0.05) is 0 Å². The molecule has 0 bridgehead atoms. The quantitative estimate of drug-likeness (QED) is 0.478. The molecular formula is C8H16N2O4. The number of nitrogens with one attached hydrogen (secondary N) is 2. The van der Waals surface area contributed by atoms with E-state index in [2.05, 4.69) is 15.4 Å². The van der Waals surface area contributed by atoms with Crippen molar-refractivity contribution >= 4 is 11.8 Å². The number of amides is 2. The fraction of sp³-hybridized carbons (Fsp3) is 0.750. The van der Waals surface area contributed by atoms with Gasteiger partial charge in [-0.2, -0.15) is 0 Å². The zero-order valence-electron chi connectivity index (χ0n) is 8.37. The number of carbonyl (C=O) groups is 2. The van der Waals surface area contributed by atoms with Crippen molar-refractivity contribution in [2.75, 3.05) is 26.8 Å². The summed E-state index contributed by atoms with van der Waals surface area (Å²) in [5.74, 6) is -0.604. The van der Waals surface area contributed by atoms with Crippen molar-refractivity contribution in [1.29, 1.82) is 0 Å². The van der Waals surface area contributed by atoms with E-state index in [0.717, 1.165) is 0 Å². The molecule has 0 spiro atoms. The van der Waals surface area contributed by atoms with E-state index in [1.165, 1.54) is 14.0 Å². The van der Waals surface area contributed by atoms with E-state index >= 15 is 0 Å². The highest BCUT2D eigenvalue weighted by Gasteiger charge is 2.06. The highest BCUT2D eigenvalue weighted by atomic mass is 16.5. The summed E-state index contributed by atoms with van der Waals surface area (Å²) in [6.45, 7) is 1.54. The molecule has 0 saturated heterocycles. The molecule has 0 aromatic carbocycles. The van der Waals surface area contributed by atoms with Gasteiger partial charge in [0.25, 0.3) is 0 Å². The molecule has 14 heavy (non-hydrogen) atoms.